The molecule has 5 heteroatoms. The van der Waals surface area contributed by atoms with Crippen LogP contribution in [0.15, 0.2) is 71.5 Å². The van der Waals surface area contributed by atoms with Crippen LogP contribution in [0.2, 0.25) is 0 Å². The highest BCUT2D eigenvalue weighted by molar-refractivity contribution is 6.13. The third-order valence-electron chi connectivity index (χ3n) is 4.46. The summed E-state index contributed by atoms with van der Waals surface area (Å²) in [5.74, 6) is -2.11. The van der Waals surface area contributed by atoms with E-state index in [0.29, 0.717) is 11.4 Å². The van der Waals surface area contributed by atoms with Crippen LogP contribution in [0, 0.1) is 5.92 Å². The molecule has 5 nitrogen and oxygen atoms in total. The summed E-state index contributed by atoms with van der Waals surface area (Å²) in [6, 6.07) is 20.0. The molecule has 0 amide bonds. The Hall–Kier alpha value is -3.47. The highest BCUT2D eigenvalue weighted by Gasteiger charge is 2.36. The van der Waals surface area contributed by atoms with Gasteiger partial charge in [-0.15, -0.1) is 0 Å². The number of hydrogen-bond donors (Lipinski definition) is 0. The lowest BCUT2D eigenvalue weighted by atomic mass is 9.96. The second kappa shape index (κ2) is 6.11. The number of ether oxygens (including phenoxy) is 1. The standard InChI is InChI=1S/C21H15NO4/c1-13-19(23)18-17(26-21(13)25)12-16(14-8-4-2-5-9-14)22(20(18)24)15-10-6-3-7-11-15/h2-13H,1H3. The molecule has 4 rings (SSSR count). The summed E-state index contributed by atoms with van der Waals surface area (Å²) in [7, 11) is 0. The summed E-state index contributed by atoms with van der Waals surface area (Å²) < 4.78 is 6.76. The number of aromatic nitrogens is 1. The molecule has 1 aromatic heterocycles. The van der Waals surface area contributed by atoms with Crippen molar-refractivity contribution in [1.29, 1.82) is 0 Å². The molecular formula is C21H15NO4. The molecule has 0 fully saturated rings. The molecule has 0 saturated heterocycles. The number of fused-ring (bicyclic) bond motifs is 1. The Morgan fingerprint density at radius 3 is 2.15 bits per heavy atom. The Morgan fingerprint density at radius 1 is 0.885 bits per heavy atom. The minimum absolute atomic E-state index is 0.0223. The summed E-state index contributed by atoms with van der Waals surface area (Å²) in [6.45, 7) is 1.45. The van der Waals surface area contributed by atoms with Gasteiger partial charge in [-0.25, -0.2) is 0 Å². The van der Waals surface area contributed by atoms with Gasteiger partial charge in [-0.05, 0) is 24.6 Å². The molecule has 0 spiro atoms. The maximum Gasteiger partial charge on any atom is 0.322 e. The average molecular weight is 345 g/mol. The van der Waals surface area contributed by atoms with E-state index in [0.717, 1.165) is 5.56 Å². The number of carbonyl (C=O) groups is 2. The maximum absolute atomic E-state index is 13.2. The predicted octanol–water partition coefficient (Wildman–Crippen LogP) is 3.24. The topological polar surface area (TPSA) is 65.4 Å². The van der Waals surface area contributed by atoms with Crippen LogP contribution in [0.25, 0.3) is 16.9 Å². The van der Waals surface area contributed by atoms with Crippen LogP contribution in [0.1, 0.15) is 17.3 Å². The molecule has 2 heterocycles. The number of para-hydroxylation sites is 1. The number of rotatable bonds is 2. The second-order valence-corrected chi connectivity index (χ2v) is 6.12. The summed E-state index contributed by atoms with van der Waals surface area (Å²) in [5.41, 5.74) is 1.39. The molecule has 128 valence electrons. The third kappa shape index (κ3) is 2.45. The van der Waals surface area contributed by atoms with E-state index in [2.05, 4.69) is 0 Å². The summed E-state index contributed by atoms with van der Waals surface area (Å²) in [4.78, 5) is 37.7. The second-order valence-electron chi connectivity index (χ2n) is 6.12. The van der Waals surface area contributed by atoms with Crippen LogP contribution < -0.4 is 10.3 Å². The smallest absolute Gasteiger partial charge is 0.322 e. The first-order chi connectivity index (χ1) is 12.6. The fourth-order valence-electron chi connectivity index (χ4n) is 3.07. The minimum Gasteiger partial charge on any atom is -0.425 e. The Bertz CT molecular complexity index is 1070. The molecule has 1 unspecified atom stereocenters. The molecule has 0 bridgehead atoms. The Labute approximate surface area is 149 Å². The molecule has 2 aromatic carbocycles. The Morgan fingerprint density at radius 2 is 1.50 bits per heavy atom. The van der Waals surface area contributed by atoms with Gasteiger partial charge in [-0.1, -0.05) is 48.5 Å². The van der Waals surface area contributed by atoms with Crippen molar-refractivity contribution in [1.82, 2.24) is 4.57 Å². The molecule has 0 N–H and O–H groups in total. The van der Waals surface area contributed by atoms with E-state index < -0.39 is 23.2 Å². The Kier molecular flexibility index (Phi) is 3.77. The SMILES string of the molecule is CC1C(=O)Oc2cc(-c3ccccc3)n(-c3ccccc3)c(=O)c2C1=O. The number of Topliss-reactive ketones (excluding diaryl/α,β-unsaturated/α-hetero) is 1. The monoisotopic (exact) mass is 345 g/mol. The van der Waals surface area contributed by atoms with Crippen LogP contribution in [0.4, 0.5) is 0 Å². The zero-order chi connectivity index (χ0) is 18.3. The zero-order valence-corrected chi connectivity index (χ0v) is 14.0. The van der Waals surface area contributed by atoms with Crippen molar-refractivity contribution in [3.63, 3.8) is 0 Å². The summed E-state index contributed by atoms with van der Waals surface area (Å²) >= 11 is 0. The third-order valence-corrected chi connectivity index (χ3v) is 4.46. The molecule has 3 aromatic rings. The van der Waals surface area contributed by atoms with E-state index in [1.54, 1.807) is 18.2 Å². The van der Waals surface area contributed by atoms with Gasteiger partial charge in [-0.2, -0.15) is 0 Å². The molecule has 0 saturated carbocycles. The first-order valence-corrected chi connectivity index (χ1v) is 8.24. The van der Waals surface area contributed by atoms with Gasteiger partial charge in [-0.3, -0.25) is 19.0 Å². The number of hydrogen-bond acceptors (Lipinski definition) is 4. The lowest BCUT2D eigenvalue weighted by molar-refractivity contribution is -0.137. The summed E-state index contributed by atoms with van der Waals surface area (Å²) in [6.07, 6.45) is 0. The molecule has 0 radical (unpaired) electrons. The molecule has 1 aliphatic heterocycles. The minimum atomic E-state index is -0.984. The fourth-order valence-corrected chi connectivity index (χ4v) is 3.07. The van der Waals surface area contributed by atoms with E-state index in [4.69, 9.17) is 4.74 Å². The fraction of sp³-hybridized carbons (Fsp3) is 0.0952. The molecule has 0 aliphatic carbocycles. The highest BCUT2D eigenvalue weighted by Crippen LogP contribution is 2.31. The van der Waals surface area contributed by atoms with Crippen molar-refractivity contribution >= 4 is 11.8 Å². The van der Waals surface area contributed by atoms with Crippen LogP contribution in [-0.4, -0.2) is 16.3 Å². The average Bonchev–Trinajstić information content (AvgIpc) is 2.67. The number of esters is 1. The van der Waals surface area contributed by atoms with Crippen LogP contribution in [0.5, 0.6) is 5.75 Å². The number of pyridine rings is 1. The lowest BCUT2D eigenvalue weighted by Crippen LogP contribution is -2.38. The first-order valence-electron chi connectivity index (χ1n) is 8.24. The van der Waals surface area contributed by atoms with E-state index in [-0.39, 0.29) is 11.3 Å². The van der Waals surface area contributed by atoms with E-state index >= 15 is 0 Å². The molecule has 26 heavy (non-hydrogen) atoms. The summed E-state index contributed by atoms with van der Waals surface area (Å²) in [5, 5.41) is 0. The van der Waals surface area contributed by atoms with Crippen molar-refractivity contribution in [2.45, 2.75) is 6.92 Å². The normalized spacial score (nSPS) is 16.1. The maximum atomic E-state index is 13.2. The van der Waals surface area contributed by atoms with Gasteiger partial charge < -0.3 is 4.74 Å². The predicted molar refractivity (Wildman–Crippen MR) is 96.6 cm³/mol. The van der Waals surface area contributed by atoms with E-state index in [1.807, 2.05) is 48.5 Å². The molecule has 1 aliphatic rings. The van der Waals surface area contributed by atoms with Crippen molar-refractivity contribution in [2.75, 3.05) is 0 Å². The van der Waals surface area contributed by atoms with Gasteiger partial charge in [0.1, 0.15) is 17.2 Å². The van der Waals surface area contributed by atoms with Gasteiger partial charge in [0.15, 0.2) is 5.78 Å². The van der Waals surface area contributed by atoms with Crippen molar-refractivity contribution in [3.8, 4) is 22.7 Å². The Balaban J connectivity index is 2.08. The van der Waals surface area contributed by atoms with Crippen LogP contribution in [0.3, 0.4) is 0 Å². The van der Waals surface area contributed by atoms with Gasteiger partial charge in [0, 0.05) is 11.8 Å². The number of benzene rings is 2. The lowest BCUT2D eigenvalue weighted by Gasteiger charge is -2.22. The highest BCUT2D eigenvalue weighted by atomic mass is 16.5. The first kappa shape index (κ1) is 16.0. The quantitative estimate of drug-likeness (QED) is 0.528. The van der Waals surface area contributed by atoms with Crippen molar-refractivity contribution < 1.29 is 14.3 Å². The van der Waals surface area contributed by atoms with E-state index in [1.165, 1.54) is 11.5 Å². The van der Waals surface area contributed by atoms with E-state index in [9.17, 15) is 14.4 Å². The molecule has 1 atom stereocenters. The van der Waals surface area contributed by atoms with Crippen LogP contribution in [-0.2, 0) is 4.79 Å². The number of carbonyl (C=O) groups excluding carboxylic acids is 2. The zero-order valence-electron chi connectivity index (χ0n) is 14.0. The van der Waals surface area contributed by atoms with Crippen molar-refractivity contribution in [2.24, 2.45) is 5.92 Å². The van der Waals surface area contributed by atoms with Gasteiger partial charge in [0.25, 0.3) is 5.56 Å². The van der Waals surface area contributed by atoms with Gasteiger partial charge in [0.05, 0.1) is 5.69 Å². The van der Waals surface area contributed by atoms with Gasteiger partial charge in [0.2, 0.25) is 0 Å². The van der Waals surface area contributed by atoms with Crippen molar-refractivity contribution in [3.05, 3.63) is 82.6 Å². The van der Waals surface area contributed by atoms with Gasteiger partial charge >= 0.3 is 5.97 Å². The number of nitrogens with zero attached hydrogens (tertiary/aromatic N) is 1. The molecular weight excluding hydrogens is 330 g/mol. The largest absolute Gasteiger partial charge is 0.425 e. The van der Waals surface area contributed by atoms with Crippen LogP contribution >= 0.6 is 0 Å². The number of ketones is 1.